The molecule has 0 atom stereocenters. The average Bonchev–Trinajstić information content (AvgIpc) is 2.12. The van der Waals surface area contributed by atoms with Gasteiger partial charge in [-0.15, -0.1) is 0 Å². The minimum atomic E-state index is 0.226. The number of nitrogens with two attached hydrogens (primary N) is 1. The fourth-order valence-corrected chi connectivity index (χ4v) is 0.820. The molecule has 0 aliphatic heterocycles. The van der Waals surface area contributed by atoms with Gasteiger partial charge in [-0.2, -0.15) is 10.4 Å². The van der Waals surface area contributed by atoms with E-state index in [2.05, 4.69) is 26.1 Å². The van der Waals surface area contributed by atoms with E-state index in [0.29, 0.717) is 10.2 Å². The second kappa shape index (κ2) is 2.07. The average molecular weight is 187 g/mol. The van der Waals surface area contributed by atoms with Crippen LogP contribution in [-0.4, -0.2) is 10.2 Å². The monoisotopic (exact) mass is 186 g/mol. The first-order valence-corrected chi connectivity index (χ1v) is 2.94. The number of nitrogens with one attached hydrogen (secondary N) is 1. The van der Waals surface area contributed by atoms with Crippen molar-refractivity contribution in [3.63, 3.8) is 0 Å². The number of nitriles is 1. The van der Waals surface area contributed by atoms with Gasteiger partial charge in [0.05, 0.1) is 0 Å². The highest BCUT2D eigenvalue weighted by Gasteiger charge is 2.04. The smallest absolute Gasteiger partial charge is 0.164 e. The molecule has 5 heteroatoms. The molecule has 0 fully saturated rings. The van der Waals surface area contributed by atoms with Crippen LogP contribution >= 0.6 is 15.9 Å². The van der Waals surface area contributed by atoms with E-state index in [4.69, 9.17) is 11.0 Å². The Morgan fingerprint density at radius 2 is 2.44 bits per heavy atom. The van der Waals surface area contributed by atoms with Gasteiger partial charge in [0.2, 0.25) is 0 Å². The first-order chi connectivity index (χ1) is 4.25. The molecule has 1 rings (SSSR count). The number of nitrogen functional groups attached to an aromatic ring is 1. The molecule has 4 nitrogen and oxygen atoms in total. The Morgan fingerprint density at radius 3 is 2.67 bits per heavy atom. The third-order valence-corrected chi connectivity index (χ3v) is 1.44. The van der Waals surface area contributed by atoms with Gasteiger partial charge in [-0.1, -0.05) is 0 Å². The predicted octanol–water partition coefficient (Wildman–Crippen LogP) is 0.626. The van der Waals surface area contributed by atoms with Crippen molar-refractivity contribution in [3.8, 4) is 6.07 Å². The van der Waals surface area contributed by atoms with Crippen LogP contribution in [-0.2, 0) is 0 Å². The van der Waals surface area contributed by atoms with Crippen molar-refractivity contribution in [3.05, 3.63) is 10.2 Å². The van der Waals surface area contributed by atoms with Crippen molar-refractivity contribution >= 4 is 21.7 Å². The Morgan fingerprint density at radius 1 is 1.78 bits per heavy atom. The summed E-state index contributed by atoms with van der Waals surface area (Å²) in [5, 5.41) is 14.4. The van der Waals surface area contributed by atoms with E-state index in [9.17, 15) is 0 Å². The van der Waals surface area contributed by atoms with Gasteiger partial charge in [0, 0.05) is 0 Å². The van der Waals surface area contributed by atoms with Gasteiger partial charge >= 0.3 is 0 Å². The minimum absolute atomic E-state index is 0.226. The van der Waals surface area contributed by atoms with E-state index in [0.717, 1.165) is 0 Å². The molecule has 0 saturated heterocycles. The number of nitrogens with zero attached hydrogens (tertiary/aromatic N) is 2. The molecular weight excluding hydrogens is 184 g/mol. The quantitative estimate of drug-likeness (QED) is 0.624. The van der Waals surface area contributed by atoms with Gasteiger partial charge in [-0.3, -0.25) is 5.10 Å². The van der Waals surface area contributed by atoms with Crippen LogP contribution in [0.3, 0.4) is 0 Å². The molecule has 0 unspecified atom stereocenters. The zero-order valence-corrected chi connectivity index (χ0v) is 5.94. The van der Waals surface area contributed by atoms with Crippen LogP contribution < -0.4 is 5.73 Å². The molecule has 0 aliphatic rings. The van der Waals surface area contributed by atoms with E-state index in [1.54, 1.807) is 0 Å². The normalized spacial score (nSPS) is 8.89. The summed E-state index contributed by atoms with van der Waals surface area (Å²) in [6.07, 6.45) is 0. The Kier molecular flexibility index (Phi) is 1.40. The van der Waals surface area contributed by atoms with Crippen molar-refractivity contribution < 1.29 is 0 Å². The van der Waals surface area contributed by atoms with Gasteiger partial charge in [0.1, 0.15) is 16.2 Å². The van der Waals surface area contributed by atoms with Crippen LogP contribution in [0.25, 0.3) is 0 Å². The summed E-state index contributed by atoms with van der Waals surface area (Å²) in [5.74, 6) is 0.226. The number of H-pyrrole nitrogens is 1. The second-order valence-electron chi connectivity index (χ2n) is 1.41. The van der Waals surface area contributed by atoms with Gasteiger partial charge in [0.15, 0.2) is 5.82 Å². The molecule has 0 saturated carbocycles. The fraction of sp³-hybridized carbons (Fsp3) is 0. The minimum Gasteiger partial charge on any atom is -0.381 e. The van der Waals surface area contributed by atoms with E-state index < -0.39 is 0 Å². The lowest BCUT2D eigenvalue weighted by molar-refractivity contribution is 1.08. The zero-order chi connectivity index (χ0) is 6.85. The first-order valence-electron chi connectivity index (χ1n) is 2.15. The highest BCUT2D eigenvalue weighted by atomic mass is 79.9. The number of hydrogen-bond acceptors (Lipinski definition) is 3. The van der Waals surface area contributed by atoms with E-state index in [-0.39, 0.29) is 5.82 Å². The third kappa shape index (κ3) is 0.886. The summed E-state index contributed by atoms with van der Waals surface area (Å²) >= 11 is 3.06. The van der Waals surface area contributed by atoms with Crippen LogP contribution in [0.15, 0.2) is 4.60 Å². The highest BCUT2D eigenvalue weighted by Crippen LogP contribution is 2.16. The topological polar surface area (TPSA) is 78.5 Å². The zero-order valence-electron chi connectivity index (χ0n) is 4.35. The molecule has 0 aromatic carbocycles. The molecule has 0 amide bonds. The van der Waals surface area contributed by atoms with Crippen LogP contribution in [0.1, 0.15) is 5.56 Å². The number of rotatable bonds is 0. The number of hydrogen-bond donors (Lipinski definition) is 2. The van der Waals surface area contributed by atoms with Crippen molar-refractivity contribution in [1.82, 2.24) is 10.2 Å². The Labute approximate surface area is 59.8 Å². The lowest BCUT2D eigenvalue weighted by atomic mass is 10.4. The van der Waals surface area contributed by atoms with Crippen LogP contribution in [0, 0.1) is 11.3 Å². The highest BCUT2D eigenvalue weighted by molar-refractivity contribution is 9.10. The summed E-state index contributed by atoms with van der Waals surface area (Å²) in [5.41, 5.74) is 5.61. The molecule has 1 aromatic rings. The summed E-state index contributed by atoms with van der Waals surface area (Å²) in [6, 6.07) is 1.88. The lowest BCUT2D eigenvalue weighted by Gasteiger charge is -1.79. The SMILES string of the molecule is N#Cc1c(N)n[nH]c1Br. The van der Waals surface area contributed by atoms with Crippen molar-refractivity contribution in [1.29, 1.82) is 5.26 Å². The lowest BCUT2D eigenvalue weighted by Crippen LogP contribution is -1.86. The molecule has 0 spiro atoms. The van der Waals surface area contributed by atoms with Crippen LogP contribution in [0.4, 0.5) is 5.82 Å². The predicted molar refractivity (Wildman–Crippen MR) is 35.4 cm³/mol. The van der Waals surface area contributed by atoms with Crippen molar-refractivity contribution in [2.75, 3.05) is 5.73 Å². The van der Waals surface area contributed by atoms with Gasteiger partial charge in [-0.25, -0.2) is 0 Å². The van der Waals surface area contributed by atoms with Gasteiger partial charge in [0.25, 0.3) is 0 Å². The Balaban J connectivity index is 3.27. The molecule has 0 radical (unpaired) electrons. The fourth-order valence-electron chi connectivity index (χ4n) is 0.440. The summed E-state index contributed by atoms with van der Waals surface area (Å²) in [6.45, 7) is 0. The Bertz CT molecular complexity index is 239. The number of aromatic nitrogens is 2. The molecule has 0 aliphatic carbocycles. The largest absolute Gasteiger partial charge is 0.381 e. The van der Waals surface area contributed by atoms with Gasteiger partial charge < -0.3 is 5.73 Å². The first kappa shape index (κ1) is 6.11. The molecule has 1 aromatic heterocycles. The number of anilines is 1. The van der Waals surface area contributed by atoms with Crippen molar-refractivity contribution in [2.45, 2.75) is 0 Å². The Hall–Kier alpha value is -1.02. The second-order valence-corrected chi connectivity index (χ2v) is 2.20. The van der Waals surface area contributed by atoms with Crippen LogP contribution in [0.2, 0.25) is 0 Å². The third-order valence-electron chi connectivity index (χ3n) is 0.862. The number of halogens is 1. The van der Waals surface area contributed by atoms with Crippen molar-refractivity contribution in [2.24, 2.45) is 0 Å². The standard InChI is InChI=1S/C4H3BrN4/c5-3-2(1-6)4(7)9-8-3/h(H3,7,8,9). The number of aromatic amines is 1. The summed E-state index contributed by atoms with van der Waals surface area (Å²) in [4.78, 5) is 0. The summed E-state index contributed by atoms with van der Waals surface area (Å²) < 4.78 is 0.530. The maximum Gasteiger partial charge on any atom is 0.164 e. The molecule has 9 heavy (non-hydrogen) atoms. The molecular formula is C4H3BrN4. The van der Waals surface area contributed by atoms with E-state index in [1.165, 1.54) is 0 Å². The van der Waals surface area contributed by atoms with E-state index >= 15 is 0 Å². The molecule has 0 bridgehead atoms. The maximum absolute atomic E-state index is 8.37. The van der Waals surface area contributed by atoms with Gasteiger partial charge in [-0.05, 0) is 15.9 Å². The molecule has 3 N–H and O–H groups in total. The van der Waals surface area contributed by atoms with E-state index in [1.807, 2.05) is 6.07 Å². The maximum atomic E-state index is 8.37. The molecule has 46 valence electrons. The van der Waals surface area contributed by atoms with Crippen LogP contribution in [0.5, 0.6) is 0 Å². The summed E-state index contributed by atoms with van der Waals surface area (Å²) in [7, 11) is 0. The molecule has 1 heterocycles.